The van der Waals surface area contributed by atoms with E-state index in [-0.39, 0.29) is 11.0 Å². The molecule has 2 aliphatic rings. The van der Waals surface area contributed by atoms with Gasteiger partial charge in [0.2, 0.25) is 5.24 Å². The number of nitrogen functional groups attached to an aromatic ring is 1. The second-order valence-corrected chi connectivity index (χ2v) is 9.46. The van der Waals surface area contributed by atoms with E-state index in [1.807, 2.05) is 6.07 Å². The van der Waals surface area contributed by atoms with E-state index in [0.29, 0.717) is 6.42 Å². The topological polar surface area (TPSA) is 60.2 Å². The first kappa shape index (κ1) is 24.4. The van der Waals surface area contributed by atoms with Gasteiger partial charge in [-0.3, -0.25) is 9.59 Å². The van der Waals surface area contributed by atoms with Gasteiger partial charge >= 0.3 is 0 Å². The van der Waals surface area contributed by atoms with Crippen molar-refractivity contribution in [1.29, 1.82) is 0 Å². The molecule has 0 saturated heterocycles. The monoisotopic (exact) mass is 481 g/mol. The van der Waals surface area contributed by atoms with Crippen LogP contribution in [-0.2, 0) is 28.9 Å². The quantitative estimate of drug-likeness (QED) is 0.214. The molecule has 0 radical (unpaired) electrons. The van der Waals surface area contributed by atoms with Crippen molar-refractivity contribution in [1.82, 2.24) is 0 Å². The van der Waals surface area contributed by atoms with Gasteiger partial charge in [0.05, 0.1) is 0 Å². The zero-order valence-corrected chi connectivity index (χ0v) is 20.7. The Kier molecular flexibility index (Phi) is 7.48. The highest BCUT2D eigenvalue weighted by molar-refractivity contribution is 6.62. The number of fused-ring (bicyclic) bond motifs is 6. The lowest BCUT2D eigenvalue weighted by Crippen LogP contribution is -1.96. The molecule has 4 aromatic rings. The van der Waals surface area contributed by atoms with E-state index in [1.165, 1.54) is 51.4 Å². The maximum absolute atomic E-state index is 11.1. The van der Waals surface area contributed by atoms with Crippen LogP contribution in [0.4, 0.5) is 5.69 Å². The van der Waals surface area contributed by atoms with Crippen LogP contribution >= 0.6 is 11.6 Å². The lowest BCUT2D eigenvalue weighted by Gasteiger charge is -2.03. The summed E-state index contributed by atoms with van der Waals surface area (Å²) in [5.74, 6) is 0.223. The fourth-order valence-corrected chi connectivity index (χ4v) is 4.76. The summed E-state index contributed by atoms with van der Waals surface area (Å²) in [4.78, 5) is 20.3. The fourth-order valence-electron chi connectivity index (χ4n) is 4.76. The molecule has 0 bridgehead atoms. The van der Waals surface area contributed by atoms with Crippen LogP contribution in [0.2, 0.25) is 0 Å². The van der Waals surface area contributed by atoms with Crippen LogP contribution in [0.1, 0.15) is 41.7 Å². The number of anilines is 1. The van der Waals surface area contributed by atoms with Crippen LogP contribution in [-0.4, -0.2) is 11.0 Å². The van der Waals surface area contributed by atoms with Gasteiger partial charge in [-0.1, -0.05) is 72.8 Å². The molecule has 0 aliphatic heterocycles. The fraction of sp³-hybridized carbons (Fsp3) is 0.161. The molecule has 35 heavy (non-hydrogen) atoms. The molecule has 6 rings (SSSR count). The molecular formula is C31H28ClNO2. The molecule has 176 valence electrons. The van der Waals surface area contributed by atoms with Crippen molar-refractivity contribution < 1.29 is 9.59 Å². The summed E-state index contributed by atoms with van der Waals surface area (Å²) in [6.07, 6.45) is 2.57. The first-order valence-electron chi connectivity index (χ1n) is 11.6. The number of carbonyl (C=O) groups is 2. The molecule has 0 spiro atoms. The van der Waals surface area contributed by atoms with Crippen molar-refractivity contribution in [3.63, 3.8) is 0 Å². The SMILES string of the molecule is CC(=O)Cc1ccc2c(c1)Cc1ccccc1-2.CC(=O)Cl.Nc1ccc2c(c1)Cc1ccccc1-2. The molecule has 3 nitrogen and oxygen atoms in total. The highest BCUT2D eigenvalue weighted by Gasteiger charge is 2.18. The number of rotatable bonds is 2. The van der Waals surface area contributed by atoms with E-state index in [1.54, 1.807) is 6.92 Å². The zero-order chi connectivity index (χ0) is 24.9. The van der Waals surface area contributed by atoms with Gasteiger partial charge in [0, 0.05) is 19.0 Å². The van der Waals surface area contributed by atoms with Gasteiger partial charge in [-0.25, -0.2) is 0 Å². The van der Waals surface area contributed by atoms with Crippen molar-refractivity contribution >= 4 is 28.3 Å². The Bertz CT molecular complexity index is 1400. The van der Waals surface area contributed by atoms with E-state index >= 15 is 0 Å². The minimum absolute atomic E-state index is 0.223. The summed E-state index contributed by atoms with van der Waals surface area (Å²) in [6, 6.07) is 29.6. The van der Waals surface area contributed by atoms with Gasteiger partial charge in [0.25, 0.3) is 0 Å². The Labute approximate surface area is 211 Å². The summed E-state index contributed by atoms with van der Waals surface area (Å²) >= 11 is 4.64. The van der Waals surface area contributed by atoms with E-state index in [2.05, 4.69) is 90.5 Å². The van der Waals surface area contributed by atoms with Crippen LogP contribution in [0.5, 0.6) is 0 Å². The van der Waals surface area contributed by atoms with Crippen molar-refractivity contribution in [3.8, 4) is 22.3 Å². The minimum atomic E-state index is -0.361. The Morgan fingerprint density at radius 1 is 0.686 bits per heavy atom. The van der Waals surface area contributed by atoms with Gasteiger partial charge in [-0.05, 0) is 93.6 Å². The van der Waals surface area contributed by atoms with Crippen molar-refractivity contribution in [2.75, 3.05) is 5.73 Å². The molecule has 0 saturated carbocycles. The number of halogens is 1. The molecule has 0 aromatic heterocycles. The average molecular weight is 482 g/mol. The third-order valence-corrected chi connectivity index (χ3v) is 6.13. The summed E-state index contributed by atoms with van der Waals surface area (Å²) in [7, 11) is 0. The minimum Gasteiger partial charge on any atom is -0.399 e. The van der Waals surface area contributed by atoms with E-state index in [0.717, 1.165) is 24.1 Å². The molecule has 0 atom stereocenters. The third-order valence-electron chi connectivity index (χ3n) is 6.13. The van der Waals surface area contributed by atoms with Crippen molar-refractivity contribution in [3.05, 3.63) is 113 Å². The summed E-state index contributed by atoms with van der Waals surface area (Å²) in [6.45, 7) is 2.93. The van der Waals surface area contributed by atoms with Gasteiger partial charge in [-0.2, -0.15) is 0 Å². The first-order valence-corrected chi connectivity index (χ1v) is 12.0. The number of nitrogens with two attached hydrogens (primary N) is 1. The van der Waals surface area contributed by atoms with Gasteiger partial charge in [0.15, 0.2) is 0 Å². The lowest BCUT2D eigenvalue weighted by molar-refractivity contribution is -0.116. The van der Waals surface area contributed by atoms with E-state index in [4.69, 9.17) is 5.73 Å². The first-order chi connectivity index (χ1) is 16.8. The third kappa shape index (κ3) is 5.87. The summed E-state index contributed by atoms with van der Waals surface area (Å²) < 4.78 is 0. The maximum Gasteiger partial charge on any atom is 0.218 e. The number of hydrogen-bond donors (Lipinski definition) is 1. The van der Waals surface area contributed by atoms with Crippen LogP contribution in [0.3, 0.4) is 0 Å². The Balaban J connectivity index is 0.000000145. The van der Waals surface area contributed by atoms with Gasteiger partial charge in [-0.15, -0.1) is 0 Å². The summed E-state index contributed by atoms with van der Waals surface area (Å²) in [5, 5.41) is -0.361. The predicted octanol–water partition coefficient (Wildman–Crippen LogP) is 7.00. The lowest BCUT2D eigenvalue weighted by atomic mass is 10.0. The number of Topliss-reactive ketones (excluding diaryl/α,β-unsaturated/α-hetero) is 1. The van der Waals surface area contributed by atoms with Gasteiger partial charge in [0.1, 0.15) is 5.78 Å². The van der Waals surface area contributed by atoms with Crippen molar-refractivity contribution in [2.45, 2.75) is 33.1 Å². The largest absolute Gasteiger partial charge is 0.399 e. The molecule has 0 unspecified atom stereocenters. The average Bonchev–Trinajstić information content (AvgIpc) is 3.35. The number of benzene rings is 4. The molecule has 0 amide bonds. The van der Waals surface area contributed by atoms with Crippen LogP contribution in [0, 0.1) is 0 Å². The molecular weight excluding hydrogens is 454 g/mol. The standard InChI is InChI=1S/C16H14O.C13H11N.C2H3ClO/c1-11(17)8-12-6-7-16-14(9-12)10-13-4-2-3-5-15(13)16;14-11-5-6-13-10(8-11)7-9-3-1-2-4-12(9)13;1-2(3)4/h2-7,9H,8,10H2,1H3;1-6,8H,7,14H2;1H3. The molecule has 4 heteroatoms. The Morgan fingerprint density at radius 3 is 1.69 bits per heavy atom. The second-order valence-electron chi connectivity index (χ2n) is 8.92. The normalized spacial score (nSPS) is 11.5. The van der Waals surface area contributed by atoms with Crippen LogP contribution in [0.25, 0.3) is 22.3 Å². The molecule has 4 aromatic carbocycles. The number of carbonyl (C=O) groups excluding carboxylic acids is 2. The van der Waals surface area contributed by atoms with Gasteiger partial charge < -0.3 is 5.73 Å². The predicted molar refractivity (Wildman–Crippen MR) is 145 cm³/mol. The second kappa shape index (κ2) is 10.7. The van der Waals surface area contributed by atoms with E-state index in [9.17, 15) is 9.59 Å². The Morgan fingerprint density at radius 2 is 1.14 bits per heavy atom. The van der Waals surface area contributed by atoms with Crippen LogP contribution < -0.4 is 5.73 Å². The van der Waals surface area contributed by atoms with Crippen molar-refractivity contribution in [2.24, 2.45) is 0 Å². The molecule has 2 N–H and O–H groups in total. The maximum atomic E-state index is 11.1. The number of ketones is 1. The number of hydrogen-bond acceptors (Lipinski definition) is 3. The molecule has 0 heterocycles. The highest BCUT2D eigenvalue weighted by Crippen LogP contribution is 2.37. The molecule has 0 fully saturated rings. The van der Waals surface area contributed by atoms with Crippen LogP contribution in [0.15, 0.2) is 84.9 Å². The zero-order valence-electron chi connectivity index (χ0n) is 20.0. The smallest absolute Gasteiger partial charge is 0.218 e. The Hall–Kier alpha value is -3.69. The highest BCUT2D eigenvalue weighted by atomic mass is 35.5. The summed E-state index contributed by atoms with van der Waals surface area (Å²) in [5.41, 5.74) is 18.6. The molecule has 2 aliphatic carbocycles. The van der Waals surface area contributed by atoms with E-state index < -0.39 is 0 Å².